The number of carbonyl (C=O) groups is 3. The molecular weight excluding hydrogens is 877 g/mol. The topological polar surface area (TPSA) is 78.9 Å². The summed E-state index contributed by atoms with van der Waals surface area (Å²) in [7, 11) is 0. The van der Waals surface area contributed by atoms with Crippen LogP contribution in [0.15, 0.2) is 97.2 Å². The molecule has 0 saturated carbocycles. The van der Waals surface area contributed by atoms with Crippen LogP contribution in [0.5, 0.6) is 0 Å². The molecule has 1 atom stereocenters. The molecule has 0 amide bonds. The molecule has 0 aromatic heterocycles. The Hall–Kier alpha value is -3.67. The Kier molecular flexibility index (Phi) is 55.9. The molecule has 0 fully saturated rings. The van der Waals surface area contributed by atoms with E-state index in [1.807, 2.05) is 0 Å². The highest BCUT2D eigenvalue weighted by Crippen LogP contribution is 2.16. The van der Waals surface area contributed by atoms with Crippen LogP contribution in [-0.4, -0.2) is 37.2 Å². The summed E-state index contributed by atoms with van der Waals surface area (Å²) < 4.78 is 16.8. The number of hydrogen-bond donors (Lipinski definition) is 0. The van der Waals surface area contributed by atoms with E-state index in [0.29, 0.717) is 19.3 Å². The fourth-order valence-electron chi connectivity index (χ4n) is 8.13. The molecule has 0 N–H and O–H groups in total. The summed E-state index contributed by atoms with van der Waals surface area (Å²) in [4.78, 5) is 38.1. The van der Waals surface area contributed by atoms with Gasteiger partial charge in [-0.25, -0.2) is 0 Å². The zero-order chi connectivity index (χ0) is 51.4. The lowest BCUT2D eigenvalue weighted by molar-refractivity contribution is -0.167. The van der Waals surface area contributed by atoms with Gasteiger partial charge in [-0.05, 0) is 96.3 Å². The number of hydrogen-bond acceptors (Lipinski definition) is 6. The quantitative estimate of drug-likeness (QED) is 0.0261. The van der Waals surface area contributed by atoms with Crippen LogP contribution < -0.4 is 0 Å². The molecule has 6 nitrogen and oxygen atoms in total. The van der Waals surface area contributed by atoms with Crippen molar-refractivity contribution >= 4 is 17.9 Å². The minimum absolute atomic E-state index is 0.0913. The van der Waals surface area contributed by atoms with Crippen molar-refractivity contribution in [3.05, 3.63) is 97.2 Å². The predicted octanol–water partition coefficient (Wildman–Crippen LogP) is 20.1. The van der Waals surface area contributed by atoms with Crippen LogP contribution in [0.4, 0.5) is 0 Å². The first kappa shape index (κ1) is 67.3. The van der Waals surface area contributed by atoms with E-state index in [1.165, 1.54) is 109 Å². The molecule has 1 unspecified atom stereocenters. The highest BCUT2D eigenvalue weighted by atomic mass is 16.6. The molecular formula is C65H110O6. The third-order valence-corrected chi connectivity index (χ3v) is 12.6. The predicted molar refractivity (Wildman–Crippen MR) is 307 cm³/mol. The van der Waals surface area contributed by atoms with E-state index in [9.17, 15) is 14.4 Å². The van der Waals surface area contributed by atoms with Crippen LogP contribution in [0.25, 0.3) is 0 Å². The Morgan fingerprint density at radius 1 is 0.296 bits per heavy atom. The second-order valence-corrected chi connectivity index (χ2v) is 19.5. The molecule has 0 aromatic carbocycles. The van der Waals surface area contributed by atoms with Crippen LogP contribution in [0.2, 0.25) is 0 Å². The molecule has 0 aliphatic carbocycles. The third-order valence-electron chi connectivity index (χ3n) is 12.6. The Labute approximate surface area is 438 Å². The lowest BCUT2D eigenvalue weighted by atomic mass is 10.0. The lowest BCUT2D eigenvalue weighted by Crippen LogP contribution is -2.30. The van der Waals surface area contributed by atoms with E-state index < -0.39 is 6.10 Å². The average Bonchev–Trinajstić information content (AvgIpc) is 3.37. The highest BCUT2D eigenvalue weighted by Gasteiger charge is 2.19. The molecule has 406 valence electrons. The van der Waals surface area contributed by atoms with E-state index in [1.54, 1.807) is 0 Å². The normalized spacial score (nSPS) is 12.8. The molecule has 0 spiro atoms. The Balaban J connectivity index is 4.35. The maximum Gasteiger partial charge on any atom is 0.306 e. The molecule has 0 saturated heterocycles. The van der Waals surface area contributed by atoms with Gasteiger partial charge in [0.2, 0.25) is 0 Å². The van der Waals surface area contributed by atoms with Gasteiger partial charge < -0.3 is 14.2 Å². The number of allylic oxidation sites excluding steroid dienone is 16. The zero-order valence-electron chi connectivity index (χ0n) is 46.5. The van der Waals surface area contributed by atoms with Crippen molar-refractivity contribution in [2.75, 3.05) is 13.2 Å². The van der Waals surface area contributed by atoms with E-state index in [0.717, 1.165) is 128 Å². The number of carbonyl (C=O) groups excluding carboxylic acids is 3. The van der Waals surface area contributed by atoms with Crippen molar-refractivity contribution in [2.45, 2.75) is 284 Å². The summed E-state index contributed by atoms with van der Waals surface area (Å²) in [5, 5.41) is 0. The largest absolute Gasteiger partial charge is 0.462 e. The number of unbranched alkanes of at least 4 members (excludes halogenated alkanes) is 26. The first-order valence-electron chi connectivity index (χ1n) is 29.7. The van der Waals surface area contributed by atoms with Crippen molar-refractivity contribution in [1.29, 1.82) is 0 Å². The first-order valence-corrected chi connectivity index (χ1v) is 29.7. The minimum Gasteiger partial charge on any atom is -0.462 e. The maximum absolute atomic E-state index is 12.9. The smallest absolute Gasteiger partial charge is 0.306 e. The number of ether oxygens (including phenoxy) is 3. The van der Waals surface area contributed by atoms with Gasteiger partial charge in [-0.1, -0.05) is 259 Å². The van der Waals surface area contributed by atoms with Crippen molar-refractivity contribution in [1.82, 2.24) is 0 Å². The van der Waals surface area contributed by atoms with E-state index in [-0.39, 0.29) is 31.1 Å². The van der Waals surface area contributed by atoms with Gasteiger partial charge in [-0.15, -0.1) is 0 Å². The van der Waals surface area contributed by atoms with E-state index in [2.05, 4.69) is 118 Å². The van der Waals surface area contributed by atoms with Crippen molar-refractivity contribution < 1.29 is 28.6 Å². The molecule has 0 bridgehead atoms. The second kappa shape index (κ2) is 58.9. The summed E-state index contributed by atoms with van der Waals surface area (Å²) in [6.07, 6.45) is 78.4. The molecule has 0 rings (SSSR count). The van der Waals surface area contributed by atoms with Crippen LogP contribution in [0.1, 0.15) is 278 Å². The van der Waals surface area contributed by atoms with Gasteiger partial charge in [0, 0.05) is 19.3 Å². The van der Waals surface area contributed by atoms with E-state index >= 15 is 0 Å². The summed E-state index contributed by atoms with van der Waals surface area (Å²) >= 11 is 0. The van der Waals surface area contributed by atoms with Gasteiger partial charge in [0.15, 0.2) is 6.10 Å². The van der Waals surface area contributed by atoms with Crippen LogP contribution in [-0.2, 0) is 28.6 Å². The minimum atomic E-state index is -0.794. The van der Waals surface area contributed by atoms with Gasteiger partial charge in [-0.3, -0.25) is 14.4 Å². The Bertz CT molecular complexity index is 1410. The Morgan fingerprint density at radius 2 is 0.577 bits per heavy atom. The first-order chi connectivity index (χ1) is 35.0. The van der Waals surface area contributed by atoms with Crippen LogP contribution in [0, 0.1) is 0 Å². The molecule has 0 aliphatic heterocycles. The molecule has 0 aliphatic rings. The van der Waals surface area contributed by atoms with Gasteiger partial charge in [-0.2, -0.15) is 0 Å². The molecule has 0 radical (unpaired) electrons. The second-order valence-electron chi connectivity index (χ2n) is 19.5. The fourth-order valence-corrected chi connectivity index (χ4v) is 8.13. The standard InChI is InChI=1S/C65H110O6/c1-4-7-10-13-16-19-22-24-26-28-30-31-32-33-34-35-36-38-39-41-43-46-49-52-55-58-64(67)70-61-62(60-69-63(66)57-54-51-48-45-21-18-15-12-9-6-3)71-65(68)59-56-53-50-47-44-42-40-37-29-27-25-23-20-17-14-11-8-5-2/h7,10,12,15-16,19,24,26,30-31,33-34,36,38,41,43,62H,4-6,8-9,11,13-14,17-18,20-23,25,27-29,32,35,37,39-40,42,44-61H2,1-3H3/b10-7-,15-12-,19-16-,26-24-,31-30-,34-33-,38-36-,43-41-. The van der Waals surface area contributed by atoms with Crippen LogP contribution >= 0.6 is 0 Å². The maximum atomic E-state index is 12.9. The summed E-state index contributed by atoms with van der Waals surface area (Å²) in [5.41, 5.74) is 0. The molecule has 6 heteroatoms. The van der Waals surface area contributed by atoms with Crippen molar-refractivity contribution in [3.8, 4) is 0 Å². The Morgan fingerprint density at radius 3 is 0.944 bits per heavy atom. The van der Waals surface area contributed by atoms with Crippen molar-refractivity contribution in [3.63, 3.8) is 0 Å². The summed E-state index contributed by atoms with van der Waals surface area (Å²) in [6.45, 7) is 6.45. The summed E-state index contributed by atoms with van der Waals surface area (Å²) in [5.74, 6) is -0.929. The molecule has 71 heavy (non-hydrogen) atoms. The van der Waals surface area contributed by atoms with Gasteiger partial charge in [0.05, 0.1) is 0 Å². The SMILES string of the molecule is CC/C=C\C/C=C\C/C=C\C/C=C\C/C=C\C/C=C\C/C=C\CCCCCC(=O)OCC(COC(=O)CCCCCCC/C=C\CCC)OC(=O)CCCCCCCCCCCCCCCCCCCC. The van der Waals surface area contributed by atoms with Gasteiger partial charge in [0.25, 0.3) is 0 Å². The molecule has 0 heterocycles. The van der Waals surface area contributed by atoms with Gasteiger partial charge in [0.1, 0.15) is 13.2 Å². The third kappa shape index (κ3) is 57.1. The van der Waals surface area contributed by atoms with Crippen LogP contribution in [0.3, 0.4) is 0 Å². The molecule has 0 aromatic rings. The average molecular weight is 988 g/mol. The lowest BCUT2D eigenvalue weighted by Gasteiger charge is -2.18. The number of rotatable bonds is 53. The monoisotopic (exact) mass is 987 g/mol. The van der Waals surface area contributed by atoms with Gasteiger partial charge >= 0.3 is 17.9 Å². The van der Waals surface area contributed by atoms with E-state index in [4.69, 9.17) is 14.2 Å². The number of esters is 3. The summed E-state index contributed by atoms with van der Waals surface area (Å²) in [6, 6.07) is 0. The zero-order valence-corrected chi connectivity index (χ0v) is 46.5. The highest BCUT2D eigenvalue weighted by molar-refractivity contribution is 5.71. The van der Waals surface area contributed by atoms with Crippen molar-refractivity contribution in [2.24, 2.45) is 0 Å². The fraction of sp³-hybridized carbons (Fsp3) is 0.708.